The SMILES string of the molecule is COc1ccccc1NC(=O)CNC(C)CCSC. The summed E-state index contributed by atoms with van der Waals surface area (Å²) in [6.45, 7) is 2.40. The molecule has 0 aliphatic heterocycles. The van der Waals surface area contributed by atoms with E-state index in [1.807, 2.05) is 36.0 Å². The van der Waals surface area contributed by atoms with E-state index in [-0.39, 0.29) is 5.91 Å². The van der Waals surface area contributed by atoms with Crippen LogP contribution < -0.4 is 15.4 Å². The first-order valence-corrected chi connectivity index (χ1v) is 7.72. The van der Waals surface area contributed by atoms with E-state index in [2.05, 4.69) is 23.8 Å². The van der Waals surface area contributed by atoms with Gasteiger partial charge in [-0.25, -0.2) is 0 Å². The molecule has 106 valence electrons. The van der Waals surface area contributed by atoms with Gasteiger partial charge in [-0.1, -0.05) is 12.1 Å². The summed E-state index contributed by atoms with van der Waals surface area (Å²) in [6, 6.07) is 7.73. The summed E-state index contributed by atoms with van der Waals surface area (Å²) in [5.74, 6) is 1.72. The highest BCUT2D eigenvalue weighted by Gasteiger charge is 2.08. The van der Waals surface area contributed by atoms with Crippen molar-refractivity contribution in [2.24, 2.45) is 0 Å². The van der Waals surface area contributed by atoms with Crippen molar-refractivity contribution in [1.82, 2.24) is 5.32 Å². The third-order valence-electron chi connectivity index (χ3n) is 2.75. The van der Waals surface area contributed by atoms with Gasteiger partial charge in [-0.3, -0.25) is 4.79 Å². The minimum Gasteiger partial charge on any atom is -0.495 e. The summed E-state index contributed by atoms with van der Waals surface area (Å²) in [5.41, 5.74) is 0.702. The Morgan fingerprint density at radius 1 is 1.42 bits per heavy atom. The maximum atomic E-state index is 11.8. The van der Waals surface area contributed by atoms with E-state index in [4.69, 9.17) is 4.74 Å². The van der Waals surface area contributed by atoms with Gasteiger partial charge in [-0.15, -0.1) is 0 Å². The Kier molecular flexibility index (Phi) is 7.36. The fourth-order valence-corrected chi connectivity index (χ4v) is 2.20. The van der Waals surface area contributed by atoms with E-state index in [0.717, 1.165) is 12.2 Å². The maximum absolute atomic E-state index is 11.8. The molecule has 1 unspecified atom stereocenters. The number of hydrogen-bond acceptors (Lipinski definition) is 4. The smallest absolute Gasteiger partial charge is 0.238 e. The lowest BCUT2D eigenvalue weighted by molar-refractivity contribution is -0.115. The Morgan fingerprint density at radius 3 is 2.84 bits per heavy atom. The van der Waals surface area contributed by atoms with Gasteiger partial charge < -0.3 is 15.4 Å². The van der Waals surface area contributed by atoms with Crippen molar-refractivity contribution < 1.29 is 9.53 Å². The van der Waals surface area contributed by atoms with Crippen LogP contribution in [0.1, 0.15) is 13.3 Å². The first-order chi connectivity index (χ1) is 9.17. The van der Waals surface area contributed by atoms with Crippen LogP contribution in [0, 0.1) is 0 Å². The normalized spacial score (nSPS) is 11.9. The van der Waals surface area contributed by atoms with Crippen LogP contribution in [-0.2, 0) is 4.79 Å². The molecule has 1 aromatic carbocycles. The van der Waals surface area contributed by atoms with Crippen LogP contribution >= 0.6 is 11.8 Å². The van der Waals surface area contributed by atoms with Crippen molar-refractivity contribution in [2.45, 2.75) is 19.4 Å². The molecule has 5 heteroatoms. The van der Waals surface area contributed by atoms with Crippen LogP contribution in [0.3, 0.4) is 0 Å². The number of amides is 1. The summed E-state index contributed by atoms with van der Waals surface area (Å²) in [5, 5.41) is 6.05. The molecular weight excluding hydrogens is 260 g/mol. The van der Waals surface area contributed by atoms with E-state index in [1.165, 1.54) is 0 Å². The number of nitrogens with one attached hydrogen (secondary N) is 2. The van der Waals surface area contributed by atoms with Gasteiger partial charge in [0.25, 0.3) is 0 Å². The molecule has 0 fully saturated rings. The molecule has 0 saturated carbocycles. The lowest BCUT2D eigenvalue weighted by Gasteiger charge is -2.14. The molecule has 0 bridgehead atoms. The molecule has 1 amide bonds. The molecule has 0 aromatic heterocycles. The average molecular weight is 282 g/mol. The second kappa shape index (κ2) is 8.82. The third kappa shape index (κ3) is 5.98. The highest BCUT2D eigenvalue weighted by Crippen LogP contribution is 2.22. The largest absolute Gasteiger partial charge is 0.495 e. The van der Waals surface area contributed by atoms with Gasteiger partial charge in [-0.05, 0) is 37.5 Å². The van der Waals surface area contributed by atoms with Gasteiger partial charge in [0.05, 0.1) is 19.3 Å². The Morgan fingerprint density at radius 2 is 2.16 bits per heavy atom. The molecule has 1 aromatic rings. The van der Waals surface area contributed by atoms with Crippen molar-refractivity contribution in [1.29, 1.82) is 0 Å². The Hall–Kier alpha value is -1.20. The second-order valence-corrected chi connectivity index (χ2v) is 5.30. The molecule has 0 aliphatic carbocycles. The molecule has 0 saturated heterocycles. The molecule has 0 spiro atoms. The number of carbonyl (C=O) groups excluding carboxylic acids is 1. The molecule has 4 nitrogen and oxygen atoms in total. The highest BCUT2D eigenvalue weighted by atomic mass is 32.2. The van der Waals surface area contributed by atoms with Gasteiger partial charge >= 0.3 is 0 Å². The lowest BCUT2D eigenvalue weighted by Crippen LogP contribution is -2.34. The molecule has 1 rings (SSSR count). The first-order valence-electron chi connectivity index (χ1n) is 6.32. The molecule has 0 radical (unpaired) electrons. The monoisotopic (exact) mass is 282 g/mol. The standard InChI is InChI=1S/C14H22N2O2S/c1-11(8-9-19-3)15-10-14(17)16-12-6-4-5-7-13(12)18-2/h4-7,11,15H,8-10H2,1-3H3,(H,16,17). The highest BCUT2D eigenvalue weighted by molar-refractivity contribution is 7.98. The van der Waals surface area contributed by atoms with Gasteiger partial charge in [0.2, 0.25) is 5.91 Å². The molecule has 0 aliphatic rings. The number of hydrogen-bond donors (Lipinski definition) is 2. The summed E-state index contributed by atoms with van der Waals surface area (Å²) in [6.07, 6.45) is 3.14. The van der Waals surface area contributed by atoms with Crippen LogP contribution in [0.4, 0.5) is 5.69 Å². The van der Waals surface area contributed by atoms with E-state index < -0.39 is 0 Å². The Balaban J connectivity index is 2.38. The number of ether oxygens (including phenoxy) is 1. The number of thioether (sulfide) groups is 1. The van der Waals surface area contributed by atoms with Crippen molar-refractivity contribution >= 4 is 23.4 Å². The zero-order valence-electron chi connectivity index (χ0n) is 11.7. The average Bonchev–Trinajstić information content (AvgIpc) is 2.43. The molecular formula is C14H22N2O2S. The minimum atomic E-state index is -0.0551. The Bertz CT molecular complexity index is 399. The number of para-hydroxylation sites is 2. The summed E-state index contributed by atoms with van der Waals surface area (Å²) < 4.78 is 5.19. The van der Waals surface area contributed by atoms with Crippen molar-refractivity contribution in [3.05, 3.63) is 24.3 Å². The van der Waals surface area contributed by atoms with Crippen molar-refractivity contribution in [3.63, 3.8) is 0 Å². The summed E-state index contributed by atoms with van der Waals surface area (Å²) >= 11 is 1.81. The molecule has 19 heavy (non-hydrogen) atoms. The van der Waals surface area contributed by atoms with Gasteiger partial charge in [-0.2, -0.15) is 11.8 Å². The van der Waals surface area contributed by atoms with Gasteiger partial charge in [0.1, 0.15) is 5.75 Å². The van der Waals surface area contributed by atoms with E-state index in [1.54, 1.807) is 7.11 Å². The van der Waals surface area contributed by atoms with E-state index >= 15 is 0 Å². The molecule has 0 heterocycles. The van der Waals surface area contributed by atoms with Crippen LogP contribution in [0.25, 0.3) is 0 Å². The van der Waals surface area contributed by atoms with Crippen LogP contribution in [0.15, 0.2) is 24.3 Å². The topological polar surface area (TPSA) is 50.4 Å². The zero-order valence-corrected chi connectivity index (χ0v) is 12.5. The van der Waals surface area contributed by atoms with Gasteiger partial charge in [0.15, 0.2) is 0 Å². The second-order valence-electron chi connectivity index (χ2n) is 4.31. The number of anilines is 1. The summed E-state index contributed by atoms with van der Waals surface area (Å²) in [4.78, 5) is 11.8. The lowest BCUT2D eigenvalue weighted by atomic mass is 10.2. The number of methoxy groups -OCH3 is 1. The number of carbonyl (C=O) groups is 1. The fourth-order valence-electron chi connectivity index (χ4n) is 1.61. The van der Waals surface area contributed by atoms with E-state index in [9.17, 15) is 4.79 Å². The fraction of sp³-hybridized carbons (Fsp3) is 0.500. The predicted molar refractivity (Wildman–Crippen MR) is 82.1 cm³/mol. The predicted octanol–water partition coefficient (Wildman–Crippen LogP) is 2.36. The molecule has 2 N–H and O–H groups in total. The van der Waals surface area contributed by atoms with Crippen LogP contribution in [0.2, 0.25) is 0 Å². The number of benzene rings is 1. The quantitative estimate of drug-likeness (QED) is 0.768. The minimum absolute atomic E-state index is 0.0551. The third-order valence-corrected chi connectivity index (χ3v) is 3.39. The van der Waals surface area contributed by atoms with Crippen molar-refractivity contribution in [3.8, 4) is 5.75 Å². The Labute approximate surface area is 119 Å². The first kappa shape index (κ1) is 15.9. The maximum Gasteiger partial charge on any atom is 0.238 e. The number of rotatable bonds is 8. The van der Waals surface area contributed by atoms with Crippen molar-refractivity contribution in [2.75, 3.05) is 31.0 Å². The van der Waals surface area contributed by atoms with E-state index in [0.29, 0.717) is 24.0 Å². The summed E-state index contributed by atoms with van der Waals surface area (Å²) in [7, 11) is 1.59. The van der Waals surface area contributed by atoms with Crippen LogP contribution in [0.5, 0.6) is 5.75 Å². The molecule has 1 atom stereocenters. The van der Waals surface area contributed by atoms with Crippen LogP contribution in [-0.4, -0.2) is 37.6 Å². The zero-order chi connectivity index (χ0) is 14.1. The van der Waals surface area contributed by atoms with Gasteiger partial charge in [0, 0.05) is 6.04 Å².